The van der Waals surface area contributed by atoms with E-state index in [0.717, 1.165) is 23.6 Å². The predicted molar refractivity (Wildman–Crippen MR) is 88.0 cm³/mol. The Kier molecular flexibility index (Phi) is 4.46. The average molecular weight is 312 g/mol. The van der Waals surface area contributed by atoms with Crippen LogP contribution in [0.5, 0.6) is 5.75 Å². The first kappa shape index (κ1) is 15.3. The molecule has 0 spiro atoms. The molecule has 1 aliphatic rings. The minimum Gasteiger partial charge on any atom is -0.484 e. The summed E-state index contributed by atoms with van der Waals surface area (Å²) in [6.45, 7) is 0.482. The number of nitrogens with two attached hydrogens (primary N) is 1. The zero-order valence-electron chi connectivity index (χ0n) is 12.9. The lowest BCUT2D eigenvalue weighted by Gasteiger charge is -2.33. The van der Waals surface area contributed by atoms with Gasteiger partial charge < -0.3 is 15.4 Å². The van der Waals surface area contributed by atoms with E-state index in [1.165, 1.54) is 0 Å². The Morgan fingerprint density at radius 3 is 2.70 bits per heavy atom. The zero-order valence-corrected chi connectivity index (χ0v) is 12.9. The fraction of sp³-hybridized carbons (Fsp3) is 0.333. The number of amides is 2. The van der Waals surface area contributed by atoms with Gasteiger partial charge in [0, 0.05) is 6.54 Å². The maximum Gasteiger partial charge on any atom is 0.261 e. The van der Waals surface area contributed by atoms with Crippen LogP contribution in [0.2, 0.25) is 0 Å². The van der Waals surface area contributed by atoms with Crippen LogP contribution in [-0.4, -0.2) is 35.9 Å². The van der Waals surface area contributed by atoms with E-state index in [-0.39, 0.29) is 12.5 Å². The largest absolute Gasteiger partial charge is 0.484 e. The smallest absolute Gasteiger partial charge is 0.261 e. The summed E-state index contributed by atoms with van der Waals surface area (Å²) in [5.41, 5.74) is 5.39. The summed E-state index contributed by atoms with van der Waals surface area (Å²) in [4.78, 5) is 25.4. The average Bonchev–Trinajstić information content (AvgIpc) is 2.59. The Hall–Kier alpha value is -2.56. The van der Waals surface area contributed by atoms with Crippen molar-refractivity contribution in [2.24, 2.45) is 5.73 Å². The molecule has 5 heteroatoms. The number of likely N-dealkylation sites (tertiary alicyclic amines) is 1. The number of primary amides is 1. The van der Waals surface area contributed by atoms with Gasteiger partial charge >= 0.3 is 0 Å². The molecule has 120 valence electrons. The number of piperidine rings is 1. The van der Waals surface area contributed by atoms with Crippen LogP contribution >= 0.6 is 0 Å². The number of carbonyl (C=O) groups is 2. The Morgan fingerprint density at radius 2 is 1.91 bits per heavy atom. The van der Waals surface area contributed by atoms with Crippen molar-refractivity contribution in [1.29, 1.82) is 0 Å². The van der Waals surface area contributed by atoms with Gasteiger partial charge in [0.2, 0.25) is 5.91 Å². The zero-order chi connectivity index (χ0) is 16.2. The molecule has 5 nitrogen and oxygen atoms in total. The number of hydrogen-bond donors (Lipinski definition) is 1. The van der Waals surface area contributed by atoms with Crippen LogP contribution in [0.25, 0.3) is 10.8 Å². The normalized spacial score (nSPS) is 17.9. The molecular formula is C18H20N2O3. The van der Waals surface area contributed by atoms with E-state index in [2.05, 4.69) is 0 Å². The minimum absolute atomic E-state index is 0.0812. The summed E-state index contributed by atoms with van der Waals surface area (Å²) in [6.07, 6.45) is 2.45. The summed E-state index contributed by atoms with van der Waals surface area (Å²) in [7, 11) is 0. The molecule has 1 atom stereocenters. The Bertz CT molecular complexity index is 729. The van der Waals surface area contributed by atoms with E-state index in [9.17, 15) is 9.59 Å². The lowest BCUT2D eigenvalue weighted by atomic mass is 10.0. The Morgan fingerprint density at radius 1 is 1.13 bits per heavy atom. The van der Waals surface area contributed by atoms with Gasteiger partial charge in [0.05, 0.1) is 0 Å². The minimum atomic E-state index is -0.503. The van der Waals surface area contributed by atoms with Crippen molar-refractivity contribution in [2.45, 2.75) is 25.3 Å². The highest BCUT2D eigenvalue weighted by Crippen LogP contribution is 2.21. The molecule has 0 aliphatic carbocycles. The van der Waals surface area contributed by atoms with Gasteiger partial charge in [-0.05, 0) is 42.2 Å². The second-order valence-corrected chi connectivity index (χ2v) is 5.80. The molecule has 2 aromatic rings. The van der Waals surface area contributed by atoms with Crippen molar-refractivity contribution in [1.82, 2.24) is 4.90 Å². The number of carbonyl (C=O) groups excluding carboxylic acids is 2. The molecule has 0 aromatic heterocycles. The standard InChI is InChI=1S/C18H20N2O3/c19-18(22)16-7-3-4-10-20(16)17(21)12-23-15-9-8-13-5-1-2-6-14(13)11-15/h1-2,5-6,8-9,11,16H,3-4,7,10,12H2,(H2,19,22). The molecule has 0 bridgehead atoms. The molecule has 2 N–H and O–H groups in total. The Balaban J connectivity index is 1.66. The highest BCUT2D eigenvalue weighted by Gasteiger charge is 2.30. The van der Waals surface area contributed by atoms with E-state index in [4.69, 9.17) is 10.5 Å². The SMILES string of the molecule is NC(=O)C1CCCCN1C(=O)COc1ccc2ccccc2c1. The molecule has 0 saturated carbocycles. The third kappa shape index (κ3) is 3.44. The van der Waals surface area contributed by atoms with Crippen LogP contribution in [0.3, 0.4) is 0 Å². The number of fused-ring (bicyclic) bond motifs is 1. The van der Waals surface area contributed by atoms with Crippen molar-refractivity contribution in [3.05, 3.63) is 42.5 Å². The summed E-state index contributed by atoms with van der Waals surface area (Å²) in [5, 5.41) is 2.18. The first-order valence-corrected chi connectivity index (χ1v) is 7.85. The van der Waals surface area contributed by atoms with Crippen LogP contribution in [0.15, 0.2) is 42.5 Å². The van der Waals surface area contributed by atoms with Gasteiger partial charge in [-0.15, -0.1) is 0 Å². The number of nitrogens with zero attached hydrogens (tertiary/aromatic N) is 1. The molecule has 1 fully saturated rings. The van der Waals surface area contributed by atoms with Gasteiger partial charge in [0.15, 0.2) is 6.61 Å². The van der Waals surface area contributed by atoms with Crippen LogP contribution in [0.4, 0.5) is 0 Å². The predicted octanol–water partition coefficient (Wildman–Crippen LogP) is 2.08. The van der Waals surface area contributed by atoms with Gasteiger partial charge in [0.1, 0.15) is 11.8 Å². The second-order valence-electron chi connectivity index (χ2n) is 5.80. The van der Waals surface area contributed by atoms with Gasteiger partial charge in [-0.2, -0.15) is 0 Å². The van der Waals surface area contributed by atoms with E-state index >= 15 is 0 Å². The summed E-state index contributed by atoms with van der Waals surface area (Å²) in [6, 6.07) is 13.2. The van der Waals surface area contributed by atoms with Crippen LogP contribution in [0.1, 0.15) is 19.3 Å². The number of rotatable bonds is 4. The van der Waals surface area contributed by atoms with Crippen LogP contribution in [-0.2, 0) is 9.59 Å². The second kappa shape index (κ2) is 6.69. The number of hydrogen-bond acceptors (Lipinski definition) is 3. The van der Waals surface area contributed by atoms with E-state index < -0.39 is 11.9 Å². The lowest BCUT2D eigenvalue weighted by Crippen LogP contribution is -2.51. The molecule has 2 aromatic carbocycles. The third-order valence-corrected chi connectivity index (χ3v) is 4.23. The van der Waals surface area contributed by atoms with E-state index in [1.54, 1.807) is 4.90 Å². The lowest BCUT2D eigenvalue weighted by molar-refractivity contribution is -0.142. The highest BCUT2D eigenvalue weighted by atomic mass is 16.5. The van der Waals surface area contributed by atoms with Crippen molar-refractivity contribution in [2.75, 3.05) is 13.2 Å². The molecule has 23 heavy (non-hydrogen) atoms. The third-order valence-electron chi connectivity index (χ3n) is 4.23. The molecule has 2 amide bonds. The summed E-state index contributed by atoms with van der Waals surface area (Å²) < 4.78 is 5.61. The number of benzene rings is 2. The molecule has 1 saturated heterocycles. The van der Waals surface area contributed by atoms with Gasteiger partial charge in [-0.1, -0.05) is 30.3 Å². The van der Waals surface area contributed by atoms with Crippen molar-refractivity contribution in [3.63, 3.8) is 0 Å². The topological polar surface area (TPSA) is 72.6 Å². The fourth-order valence-corrected chi connectivity index (χ4v) is 3.01. The molecule has 3 rings (SSSR count). The fourth-order valence-electron chi connectivity index (χ4n) is 3.01. The van der Waals surface area contributed by atoms with Gasteiger partial charge in [-0.3, -0.25) is 9.59 Å². The molecule has 1 aliphatic heterocycles. The maximum atomic E-state index is 12.3. The van der Waals surface area contributed by atoms with Gasteiger partial charge in [0.25, 0.3) is 5.91 Å². The quantitative estimate of drug-likeness (QED) is 0.939. The van der Waals surface area contributed by atoms with E-state index in [0.29, 0.717) is 18.7 Å². The molecule has 0 radical (unpaired) electrons. The maximum absolute atomic E-state index is 12.3. The Labute approximate surface area is 135 Å². The summed E-state index contributed by atoms with van der Waals surface area (Å²) in [5.74, 6) is 0.00935. The molecule has 1 heterocycles. The van der Waals surface area contributed by atoms with Crippen molar-refractivity contribution < 1.29 is 14.3 Å². The monoisotopic (exact) mass is 312 g/mol. The summed E-state index contributed by atoms with van der Waals surface area (Å²) >= 11 is 0. The first-order valence-electron chi connectivity index (χ1n) is 7.85. The molecule has 1 unspecified atom stereocenters. The van der Waals surface area contributed by atoms with Gasteiger partial charge in [-0.25, -0.2) is 0 Å². The van der Waals surface area contributed by atoms with Crippen molar-refractivity contribution in [3.8, 4) is 5.75 Å². The highest BCUT2D eigenvalue weighted by molar-refractivity contribution is 5.87. The van der Waals surface area contributed by atoms with Crippen molar-refractivity contribution >= 4 is 22.6 Å². The van der Waals surface area contributed by atoms with E-state index in [1.807, 2.05) is 42.5 Å². The number of ether oxygens (including phenoxy) is 1. The van der Waals surface area contributed by atoms with Crippen LogP contribution < -0.4 is 10.5 Å². The molecular weight excluding hydrogens is 292 g/mol. The van der Waals surface area contributed by atoms with Crippen LogP contribution in [0, 0.1) is 0 Å². The first-order chi connectivity index (χ1) is 11.1.